The minimum Gasteiger partial charge on any atom is -0.394 e. The van der Waals surface area contributed by atoms with Crippen molar-refractivity contribution < 1.29 is 25.2 Å². The van der Waals surface area contributed by atoms with E-state index in [1.165, 1.54) is 0 Å². The normalized spacial score (nSPS) is 51.3. The lowest BCUT2D eigenvalue weighted by atomic mass is 9.46. The van der Waals surface area contributed by atoms with E-state index >= 15 is 0 Å². The highest BCUT2D eigenvalue weighted by Crippen LogP contribution is 2.67. The maximum absolute atomic E-state index is 11.8. The van der Waals surface area contributed by atoms with Crippen LogP contribution < -0.4 is 0 Å². The Bertz CT molecular complexity index is 684. The molecule has 2 unspecified atom stereocenters. The molecule has 26 heavy (non-hydrogen) atoms. The Hall–Kier alpha value is -1.01. The van der Waals surface area contributed by atoms with Gasteiger partial charge in [-0.15, -0.1) is 0 Å². The fraction of sp³-hybridized carbons (Fsp3) is 0.762. The highest BCUT2D eigenvalue weighted by Gasteiger charge is 2.67. The number of carbonyl (C=O) groups excluding carboxylic acids is 1. The predicted octanol–water partition coefficient (Wildman–Crippen LogP) is 1.35. The first-order valence-electron chi connectivity index (χ1n) is 9.81. The fourth-order valence-corrected chi connectivity index (χ4v) is 7.06. The summed E-state index contributed by atoms with van der Waals surface area (Å²) in [5, 5.41) is 42.2. The number of aliphatic hydroxyl groups is 4. The van der Waals surface area contributed by atoms with Crippen LogP contribution >= 0.6 is 0 Å². The molecule has 0 aliphatic heterocycles. The van der Waals surface area contributed by atoms with Gasteiger partial charge in [0.1, 0.15) is 6.10 Å². The quantitative estimate of drug-likeness (QED) is 0.594. The van der Waals surface area contributed by atoms with Gasteiger partial charge in [0.05, 0.1) is 18.3 Å². The van der Waals surface area contributed by atoms with E-state index < -0.39 is 29.8 Å². The number of carbonyl (C=O) groups is 1. The third kappa shape index (κ3) is 2.15. The van der Waals surface area contributed by atoms with E-state index in [1.54, 1.807) is 12.2 Å². The Balaban J connectivity index is 1.74. The molecule has 144 valence electrons. The van der Waals surface area contributed by atoms with Crippen molar-refractivity contribution in [3.8, 4) is 0 Å². The van der Waals surface area contributed by atoms with E-state index in [0.29, 0.717) is 12.8 Å². The topological polar surface area (TPSA) is 98.0 Å². The molecule has 5 heteroatoms. The smallest absolute Gasteiger partial charge is 0.178 e. The summed E-state index contributed by atoms with van der Waals surface area (Å²) in [6.07, 6.45) is 6.85. The maximum atomic E-state index is 11.8. The van der Waals surface area contributed by atoms with Crippen molar-refractivity contribution in [1.82, 2.24) is 0 Å². The average molecular weight is 362 g/mol. The summed E-state index contributed by atoms with van der Waals surface area (Å²) >= 11 is 0. The molecular formula is C21H30O5. The summed E-state index contributed by atoms with van der Waals surface area (Å²) in [5.41, 5.74) is -1.21. The lowest BCUT2D eigenvalue weighted by Gasteiger charge is -2.60. The molecule has 5 nitrogen and oxygen atoms in total. The zero-order chi connectivity index (χ0) is 18.9. The van der Waals surface area contributed by atoms with E-state index in [-0.39, 0.29) is 29.0 Å². The lowest BCUT2D eigenvalue weighted by Crippen LogP contribution is -2.62. The van der Waals surface area contributed by atoms with Crippen LogP contribution in [0.1, 0.15) is 46.0 Å². The van der Waals surface area contributed by atoms with Crippen molar-refractivity contribution in [3.05, 3.63) is 23.8 Å². The molecule has 4 aliphatic carbocycles. The standard InChI is InChI=1S/C21H30O5/c1-19-7-5-13(23)9-12(19)3-4-14-15-6-8-21(26,17(25)11-22)20(15,2)10-16(24)18(14)19/h5,7,9,14-18,22,24-26H,3-4,6,8,10-11H2,1-2H3/t14-,15-,16?,17?,18+,19-,20-,21-/m0/s1. The molecular weight excluding hydrogens is 332 g/mol. The van der Waals surface area contributed by atoms with Crippen LogP contribution in [0.3, 0.4) is 0 Å². The molecule has 0 saturated heterocycles. The van der Waals surface area contributed by atoms with Crippen molar-refractivity contribution >= 4 is 5.78 Å². The molecule has 4 rings (SSSR count). The SMILES string of the molecule is C[C@]12C=CC(=O)C=C1CC[C@@H]1[C@@H]2C(O)C[C@@]2(C)[C@H]1CC[C@]2(O)C(O)CO. The number of allylic oxidation sites excluding steroid dienone is 4. The molecule has 0 radical (unpaired) electrons. The predicted molar refractivity (Wildman–Crippen MR) is 96.0 cm³/mol. The van der Waals surface area contributed by atoms with Crippen molar-refractivity contribution in [2.75, 3.05) is 6.61 Å². The van der Waals surface area contributed by atoms with Gasteiger partial charge >= 0.3 is 0 Å². The van der Waals surface area contributed by atoms with E-state index in [9.17, 15) is 25.2 Å². The van der Waals surface area contributed by atoms with Gasteiger partial charge < -0.3 is 20.4 Å². The van der Waals surface area contributed by atoms with Crippen molar-refractivity contribution in [2.24, 2.45) is 28.6 Å². The van der Waals surface area contributed by atoms with Crippen LogP contribution in [-0.2, 0) is 4.79 Å². The Labute approximate surface area is 154 Å². The summed E-state index contributed by atoms with van der Waals surface area (Å²) in [6.45, 7) is 3.61. The van der Waals surface area contributed by atoms with Gasteiger partial charge in [-0.25, -0.2) is 0 Å². The summed E-state index contributed by atoms with van der Waals surface area (Å²) in [7, 11) is 0. The van der Waals surface area contributed by atoms with E-state index in [0.717, 1.165) is 24.8 Å². The molecule has 0 bridgehead atoms. The molecule has 0 amide bonds. The van der Waals surface area contributed by atoms with E-state index in [1.807, 2.05) is 13.0 Å². The zero-order valence-electron chi connectivity index (χ0n) is 15.6. The van der Waals surface area contributed by atoms with Crippen molar-refractivity contribution in [2.45, 2.75) is 63.8 Å². The van der Waals surface area contributed by atoms with Gasteiger partial charge in [-0.2, -0.15) is 0 Å². The molecule has 4 aliphatic rings. The Kier molecular flexibility index (Phi) is 4.05. The molecule has 3 fully saturated rings. The molecule has 3 saturated carbocycles. The second kappa shape index (κ2) is 5.74. The number of hydrogen-bond donors (Lipinski definition) is 4. The molecule has 0 spiro atoms. The average Bonchev–Trinajstić information content (AvgIpc) is 2.86. The van der Waals surface area contributed by atoms with Gasteiger partial charge in [-0.3, -0.25) is 4.79 Å². The first-order chi connectivity index (χ1) is 12.2. The Morgan fingerprint density at radius 2 is 2.04 bits per heavy atom. The molecule has 8 atom stereocenters. The molecule has 0 aromatic rings. The third-order valence-corrected chi connectivity index (χ3v) is 8.44. The van der Waals surface area contributed by atoms with Crippen LogP contribution in [0.4, 0.5) is 0 Å². The first-order valence-corrected chi connectivity index (χ1v) is 9.81. The van der Waals surface area contributed by atoms with Gasteiger partial charge in [0.15, 0.2) is 5.78 Å². The first kappa shape index (κ1) is 18.4. The highest BCUT2D eigenvalue weighted by molar-refractivity contribution is 6.01. The number of ketones is 1. The maximum Gasteiger partial charge on any atom is 0.178 e. The van der Waals surface area contributed by atoms with Crippen molar-refractivity contribution in [1.29, 1.82) is 0 Å². The summed E-state index contributed by atoms with van der Waals surface area (Å²) < 4.78 is 0. The zero-order valence-corrected chi connectivity index (χ0v) is 15.6. The van der Waals surface area contributed by atoms with Crippen LogP contribution in [0.2, 0.25) is 0 Å². The third-order valence-electron chi connectivity index (χ3n) is 8.44. The van der Waals surface area contributed by atoms with Crippen LogP contribution in [0.5, 0.6) is 0 Å². The summed E-state index contributed by atoms with van der Waals surface area (Å²) in [4.78, 5) is 11.8. The van der Waals surface area contributed by atoms with Gasteiger partial charge in [0.2, 0.25) is 0 Å². The van der Waals surface area contributed by atoms with Gasteiger partial charge in [-0.05, 0) is 56.1 Å². The number of aliphatic hydroxyl groups excluding tert-OH is 3. The van der Waals surface area contributed by atoms with E-state index in [2.05, 4.69) is 6.92 Å². The van der Waals surface area contributed by atoms with Gasteiger partial charge in [-0.1, -0.05) is 25.5 Å². The Morgan fingerprint density at radius 1 is 1.31 bits per heavy atom. The van der Waals surface area contributed by atoms with E-state index in [4.69, 9.17) is 0 Å². The Morgan fingerprint density at radius 3 is 2.73 bits per heavy atom. The molecule has 0 heterocycles. The molecule has 0 aromatic heterocycles. The van der Waals surface area contributed by atoms with Crippen molar-refractivity contribution in [3.63, 3.8) is 0 Å². The molecule has 4 N–H and O–H groups in total. The fourth-order valence-electron chi connectivity index (χ4n) is 7.06. The van der Waals surface area contributed by atoms with Gasteiger partial charge in [0, 0.05) is 16.7 Å². The van der Waals surface area contributed by atoms with Crippen LogP contribution in [0.25, 0.3) is 0 Å². The minimum absolute atomic E-state index is 0.0125. The summed E-state index contributed by atoms with van der Waals surface area (Å²) in [5.74, 6) is 0.445. The highest BCUT2D eigenvalue weighted by atomic mass is 16.4. The number of fused-ring (bicyclic) bond motifs is 5. The van der Waals surface area contributed by atoms with Crippen LogP contribution in [0, 0.1) is 28.6 Å². The minimum atomic E-state index is -1.37. The van der Waals surface area contributed by atoms with Crippen LogP contribution in [0.15, 0.2) is 23.8 Å². The number of rotatable bonds is 2. The number of hydrogen-bond acceptors (Lipinski definition) is 5. The lowest BCUT2D eigenvalue weighted by molar-refractivity contribution is -0.204. The molecule has 0 aromatic carbocycles. The van der Waals surface area contributed by atoms with Gasteiger partial charge in [0.25, 0.3) is 0 Å². The summed E-state index contributed by atoms with van der Waals surface area (Å²) in [6, 6.07) is 0. The van der Waals surface area contributed by atoms with Crippen LogP contribution in [-0.4, -0.2) is 50.6 Å². The second-order valence-electron chi connectivity index (χ2n) is 9.37. The monoisotopic (exact) mass is 362 g/mol. The second-order valence-corrected chi connectivity index (χ2v) is 9.37. The largest absolute Gasteiger partial charge is 0.394 e.